The molecule has 0 radical (unpaired) electrons. The highest BCUT2D eigenvalue weighted by Crippen LogP contribution is 2.39. The topological polar surface area (TPSA) is 95.8 Å². The number of nitrogens with one attached hydrogen (secondary N) is 2. The Morgan fingerprint density at radius 1 is 0.968 bits per heavy atom. The van der Waals surface area contributed by atoms with Gasteiger partial charge in [0.25, 0.3) is 5.56 Å². The lowest BCUT2D eigenvalue weighted by molar-refractivity contribution is 0.251. The molecule has 164 valence electrons. The van der Waals surface area contributed by atoms with Crippen LogP contribution in [0.1, 0.15) is 11.3 Å². The zero-order valence-corrected chi connectivity index (χ0v) is 18.2. The van der Waals surface area contributed by atoms with Crippen molar-refractivity contribution in [2.45, 2.75) is 13.5 Å². The molecule has 9 nitrogen and oxygen atoms in total. The van der Waals surface area contributed by atoms with Gasteiger partial charge in [-0.1, -0.05) is 18.2 Å². The van der Waals surface area contributed by atoms with Crippen LogP contribution in [0.4, 0.5) is 10.5 Å². The van der Waals surface area contributed by atoms with Gasteiger partial charge in [-0.3, -0.25) is 9.48 Å². The minimum absolute atomic E-state index is 0.161. The van der Waals surface area contributed by atoms with Crippen molar-refractivity contribution in [1.29, 1.82) is 0 Å². The first-order chi connectivity index (χ1) is 14.9. The van der Waals surface area contributed by atoms with Crippen LogP contribution in [-0.2, 0) is 13.6 Å². The van der Waals surface area contributed by atoms with Crippen LogP contribution in [0.5, 0.6) is 17.2 Å². The number of aromatic nitrogens is 2. The summed E-state index contributed by atoms with van der Waals surface area (Å²) in [5.41, 5.74) is 1.93. The van der Waals surface area contributed by atoms with Gasteiger partial charge in [-0.25, -0.2) is 9.48 Å². The molecular weight excluding hydrogens is 400 g/mol. The van der Waals surface area contributed by atoms with E-state index in [-0.39, 0.29) is 17.8 Å². The van der Waals surface area contributed by atoms with E-state index in [1.165, 1.54) is 26.0 Å². The van der Waals surface area contributed by atoms with Gasteiger partial charge in [-0.05, 0) is 31.2 Å². The maximum Gasteiger partial charge on any atom is 0.319 e. The van der Waals surface area contributed by atoms with Gasteiger partial charge in [-0.2, -0.15) is 0 Å². The molecule has 9 heteroatoms. The number of rotatable bonds is 7. The molecule has 0 saturated carbocycles. The normalized spacial score (nSPS) is 10.5. The Balaban J connectivity index is 1.79. The fourth-order valence-electron chi connectivity index (χ4n) is 3.35. The third-order valence-electron chi connectivity index (χ3n) is 5.02. The van der Waals surface area contributed by atoms with Crippen molar-refractivity contribution in [2.75, 3.05) is 26.6 Å². The Labute approximate surface area is 180 Å². The van der Waals surface area contributed by atoms with Gasteiger partial charge in [0.05, 0.1) is 32.7 Å². The largest absolute Gasteiger partial charge is 0.493 e. The summed E-state index contributed by atoms with van der Waals surface area (Å²) in [6, 6.07) is 12.2. The summed E-state index contributed by atoms with van der Waals surface area (Å²) < 4.78 is 19.3. The molecule has 2 amide bonds. The van der Waals surface area contributed by atoms with Crippen molar-refractivity contribution in [2.24, 2.45) is 7.05 Å². The predicted octanol–water partition coefficient (Wildman–Crippen LogP) is 2.83. The van der Waals surface area contributed by atoms with Gasteiger partial charge in [0.2, 0.25) is 5.75 Å². The summed E-state index contributed by atoms with van der Waals surface area (Å²) in [4.78, 5) is 25.5. The number of hydrogen-bond donors (Lipinski definition) is 2. The fourth-order valence-corrected chi connectivity index (χ4v) is 3.35. The van der Waals surface area contributed by atoms with E-state index in [0.717, 1.165) is 0 Å². The lowest BCUT2D eigenvalue weighted by atomic mass is 10.1. The van der Waals surface area contributed by atoms with E-state index < -0.39 is 6.03 Å². The van der Waals surface area contributed by atoms with Gasteiger partial charge >= 0.3 is 6.03 Å². The average molecular weight is 426 g/mol. The third-order valence-corrected chi connectivity index (χ3v) is 5.02. The van der Waals surface area contributed by atoms with Gasteiger partial charge in [0, 0.05) is 19.2 Å². The van der Waals surface area contributed by atoms with Crippen LogP contribution in [0, 0.1) is 6.92 Å². The van der Waals surface area contributed by atoms with Crippen LogP contribution in [0.15, 0.2) is 47.3 Å². The second-order valence-electron chi connectivity index (χ2n) is 6.74. The molecule has 1 aromatic heterocycles. The quantitative estimate of drug-likeness (QED) is 0.606. The number of hydrogen-bond acceptors (Lipinski definition) is 5. The molecule has 3 rings (SSSR count). The van der Waals surface area contributed by atoms with E-state index in [1.54, 1.807) is 30.8 Å². The van der Waals surface area contributed by atoms with Crippen LogP contribution in [0.3, 0.4) is 0 Å². The van der Waals surface area contributed by atoms with Crippen molar-refractivity contribution >= 4 is 11.7 Å². The Morgan fingerprint density at radius 2 is 1.65 bits per heavy atom. The van der Waals surface area contributed by atoms with E-state index in [2.05, 4.69) is 10.6 Å². The molecule has 0 fully saturated rings. The number of benzene rings is 2. The molecule has 31 heavy (non-hydrogen) atoms. The molecule has 0 aliphatic heterocycles. The van der Waals surface area contributed by atoms with E-state index in [4.69, 9.17) is 14.2 Å². The van der Waals surface area contributed by atoms with E-state index in [1.807, 2.05) is 30.3 Å². The Bertz CT molecular complexity index is 1140. The molecule has 0 unspecified atom stereocenters. The molecule has 0 saturated heterocycles. The first-order valence-corrected chi connectivity index (χ1v) is 9.59. The zero-order chi connectivity index (χ0) is 22.5. The SMILES string of the molecule is COc1ccc(CNC(=O)Nc2c(C)n(C)n(-c3ccccc3)c2=O)c(OC)c1OC. The van der Waals surface area contributed by atoms with E-state index in [0.29, 0.717) is 34.2 Å². The zero-order valence-electron chi connectivity index (χ0n) is 18.2. The van der Waals surface area contributed by atoms with Crippen molar-refractivity contribution in [3.05, 3.63) is 64.1 Å². The maximum absolute atomic E-state index is 12.9. The van der Waals surface area contributed by atoms with Gasteiger partial charge in [-0.15, -0.1) is 0 Å². The molecule has 2 N–H and O–H groups in total. The number of ether oxygens (including phenoxy) is 3. The van der Waals surface area contributed by atoms with Crippen LogP contribution in [-0.4, -0.2) is 36.7 Å². The highest BCUT2D eigenvalue weighted by atomic mass is 16.5. The molecule has 3 aromatic rings. The minimum Gasteiger partial charge on any atom is -0.493 e. The summed E-state index contributed by atoms with van der Waals surface area (Å²) in [6.07, 6.45) is 0. The lowest BCUT2D eigenvalue weighted by Crippen LogP contribution is -2.31. The predicted molar refractivity (Wildman–Crippen MR) is 118 cm³/mol. The maximum atomic E-state index is 12.9. The summed E-state index contributed by atoms with van der Waals surface area (Å²) in [6.45, 7) is 1.93. The average Bonchev–Trinajstić information content (AvgIpc) is 3.00. The van der Waals surface area contributed by atoms with E-state index in [9.17, 15) is 9.59 Å². The summed E-state index contributed by atoms with van der Waals surface area (Å²) in [5, 5.41) is 5.42. The van der Waals surface area contributed by atoms with Crippen LogP contribution in [0.25, 0.3) is 5.69 Å². The Kier molecular flexibility index (Phi) is 6.54. The van der Waals surface area contributed by atoms with Crippen molar-refractivity contribution in [1.82, 2.24) is 14.7 Å². The van der Waals surface area contributed by atoms with Gasteiger partial charge in [0.1, 0.15) is 5.69 Å². The summed E-state index contributed by atoms with van der Waals surface area (Å²) in [7, 11) is 6.33. The minimum atomic E-state index is -0.511. The summed E-state index contributed by atoms with van der Waals surface area (Å²) >= 11 is 0. The number of nitrogens with zero attached hydrogens (tertiary/aromatic N) is 2. The van der Waals surface area contributed by atoms with Crippen LogP contribution < -0.4 is 30.4 Å². The number of para-hydroxylation sites is 1. The molecule has 0 atom stereocenters. The molecule has 0 aliphatic rings. The second-order valence-corrected chi connectivity index (χ2v) is 6.74. The second kappa shape index (κ2) is 9.29. The lowest BCUT2D eigenvalue weighted by Gasteiger charge is -2.16. The molecule has 1 heterocycles. The number of carbonyl (C=O) groups excluding carboxylic acids is 1. The molecule has 2 aromatic carbocycles. The van der Waals surface area contributed by atoms with Crippen LogP contribution in [0.2, 0.25) is 0 Å². The number of amides is 2. The highest BCUT2D eigenvalue weighted by molar-refractivity contribution is 5.89. The Hall–Kier alpha value is -3.88. The summed E-state index contributed by atoms with van der Waals surface area (Å²) in [5.74, 6) is 1.42. The molecular formula is C22H26N4O5. The standard InChI is InChI=1S/C22H26N4O5/c1-14-18(21(27)26(25(14)2)16-9-7-6-8-10-16)24-22(28)23-13-15-11-12-17(29-3)20(31-5)19(15)30-4/h6-12H,13H2,1-5H3,(H2,23,24,28). The van der Waals surface area contributed by atoms with Crippen molar-refractivity contribution < 1.29 is 19.0 Å². The molecule has 0 spiro atoms. The number of methoxy groups -OCH3 is 3. The Morgan fingerprint density at radius 3 is 2.26 bits per heavy atom. The number of carbonyl (C=O) groups is 1. The highest BCUT2D eigenvalue weighted by Gasteiger charge is 2.19. The van der Waals surface area contributed by atoms with Gasteiger partial charge < -0.3 is 24.8 Å². The molecule has 0 aliphatic carbocycles. The third kappa shape index (κ3) is 4.20. The fraction of sp³-hybridized carbons (Fsp3) is 0.273. The smallest absolute Gasteiger partial charge is 0.319 e. The van der Waals surface area contributed by atoms with E-state index >= 15 is 0 Å². The first-order valence-electron chi connectivity index (χ1n) is 9.59. The van der Waals surface area contributed by atoms with Gasteiger partial charge in [0.15, 0.2) is 11.5 Å². The first kappa shape index (κ1) is 21.8. The number of urea groups is 1. The monoisotopic (exact) mass is 426 g/mol. The van der Waals surface area contributed by atoms with Crippen molar-refractivity contribution in [3.63, 3.8) is 0 Å². The molecule has 0 bridgehead atoms. The van der Waals surface area contributed by atoms with Crippen LogP contribution >= 0.6 is 0 Å². The number of anilines is 1. The van der Waals surface area contributed by atoms with Crippen molar-refractivity contribution in [3.8, 4) is 22.9 Å².